The predicted octanol–water partition coefficient (Wildman–Crippen LogP) is 0.931. The van der Waals surface area contributed by atoms with Crippen LogP contribution in [-0.2, 0) is 4.79 Å². The molecule has 2 amide bonds. The third kappa shape index (κ3) is 3.56. The van der Waals surface area contributed by atoms with Gasteiger partial charge >= 0.3 is 0 Å². The molecule has 2 N–H and O–H groups in total. The highest BCUT2D eigenvalue weighted by molar-refractivity contribution is 5.92. The van der Waals surface area contributed by atoms with Gasteiger partial charge in [-0.15, -0.1) is 0 Å². The second kappa shape index (κ2) is 6.36. The van der Waals surface area contributed by atoms with E-state index in [4.69, 9.17) is 0 Å². The molecule has 1 atom stereocenters. The van der Waals surface area contributed by atoms with Crippen LogP contribution in [0.4, 0.5) is 0 Å². The van der Waals surface area contributed by atoms with Crippen LogP contribution >= 0.6 is 0 Å². The summed E-state index contributed by atoms with van der Waals surface area (Å²) in [6, 6.07) is 0.205. The molecule has 0 radical (unpaired) electrons. The summed E-state index contributed by atoms with van der Waals surface area (Å²) in [5.74, 6) is -0.0210. The molecule has 2 heterocycles. The van der Waals surface area contributed by atoms with Gasteiger partial charge in [0.05, 0.1) is 12.5 Å². The van der Waals surface area contributed by atoms with Crippen molar-refractivity contribution >= 4 is 11.8 Å². The van der Waals surface area contributed by atoms with Gasteiger partial charge in [0, 0.05) is 26.1 Å². The third-order valence-electron chi connectivity index (χ3n) is 3.47. The van der Waals surface area contributed by atoms with E-state index in [1.165, 1.54) is 13.3 Å². The van der Waals surface area contributed by atoms with Gasteiger partial charge in [-0.2, -0.15) is 0 Å². The van der Waals surface area contributed by atoms with E-state index < -0.39 is 0 Å². The van der Waals surface area contributed by atoms with Gasteiger partial charge in [0.2, 0.25) is 5.91 Å². The molecule has 104 valence electrons. The standard InChI is InChI=1S/C13H20N4O2/c1-10(18)15-6-5-11-4-2-3-7-17(11)13(19)12-8-14-9-16-12/h8-9,11H,2-7H2,1H3,(H,14,16)(H,15,18)/t11-/m1/s1. The maximum absolute atomic E-state index is 12.3. The van der Waals surface area contributed by atoms with Crippen LogP contribution in [0.2, 0.25) is 0 Å². The molecule has 2 rings (SSSR count). The summed E-state index contributed by atoms with van der Waals surface area (Å²) in [6.07, 6.45) is 7.05. The average Bonchev–Trinajstić information content (AvgIpc) is 2.92. The minimum absolute atomic E-state index is 0.00465. The summed E-state index contributed by atoms with van der Waals surface area (Å²) >= 11 is 0. The minimum Gasteiger partial charge on any atom is -0.356 e. The van der Waals surface area contributed by atoms with Gasteiger partial charge in [-0.3, -0.25) is 9.59 Å². The van der Waals surface area contributed by atoms with Gasteiger partial charge in [0.25, 0.3) is 5.91 Å². The van der Waals surface area contributed by atoms with Crippen molar-refractivity contribution in [3.63, 3.8) is 0 Å². The first-order valence-corrected chi connectivity index (χ1v) is 6.72. The topological polar surface area (TPSA) is 78.1 Å². The normalized spacial score (nSPS) is 19.2. The SMILES string of the molecule is CC(=O)NCC[C@H]1CCCCN1C(=O)c1cnc[nH]1. The first kappa shape index (κ1) is 13.6. The van der Waals surface area contributed by atoms with Crippen LogP contribution in [0.25, 0.3) is 0 Å². The van der Waals surface area contributed by atoms with Crippen molar-refractivity contribution < 1.29 is 9.59 Å². The highest BCUT2D eigenvalue weighted by Gasteiger charge is 2.27. The Morgan fingerprint density at radius 1 is 1.53 bits per heavy atom. The number of hydrogen-bond donors (Lipinski definition) is 2. The van der Waals surface area contributed by atoms with Gasteiger partial charge in [-0.25, -0.2) is 4.98 Å². The van der Waals surface area contributed by atoms with Gasteiger partial charge in [0.1, 0.15) is 5.69 Å². The fourth-order valence-corrected chi connectivity index (χ4v) is 2.51. The lowest BCUT2D eigenvalue weighted by Gasteiger charge is -2.35. The maximum Gasteiger partial charge on any atom is 0.272 e. The van der Waals surface area contributed by atoms with Crippen molar-refractivity contribution in [3.8, 4) is 0 Å². The summed E-state index contributed by atoms with van der Waals surface area (Å²) in [6.45, 7) is 2.91. The van der Waals surface area contributed by atoms with E-state index in [9.17, 15) is 9.59 Å². The quantitative estimate of drug-likeness (QED) is 0.849. The van der Waals surface area contributed by atoms with Crippen molar-refractivity contribution in [1.82, 2.24) is 20.2 Å². The molecule has 0 aromatic carbocycles. The fourth-order valence-electron chi connectivity index (χ4n) is 2.51. The largest absolute Gasteiger partial charge is 0.356 e. The molecule has 1 saturated heterocycles. The molecule has 6 nitrogen and oxygen atoms in total. The summed E-state index contributed by atoms with van der Waals surface area (Å²) in [5, 5.41) is 2.79. The first-order chi connectivity index (χ1) is 9.18. The number of nitrogens with one attached hydrogen (secondary N) is 2. The first-order valence-electron chi connectivity index (χ1n) is 6.72. The van der Waals surface area contributed by atoms with Crippen LogP contribution in [0.5, 0.6) is 0 Å². The number of piperidine rings is 1. The second-order valence-electron chi connectivity index (χ2n) is 4.89. The van der Waals surface area contributed by atoms with Crippen LogP contribution in [0.15, 0.2) is 12.5 Å². The van der Waals surface area contributed by atoms with E-state index >= 15 is 0 Å². The Hall–Kier alpha value is -1.85. The molecule has 19 heavy (non-hydrogen) atoms. The number of aromatic amines is 1. The Morgan fingerprint density at radius 3 is 3.05 bits per heavy atom. The van der Waals surface area contributed by atoms with E-state index in [0.29, 0.717) is 12.2 Å². The highest BCUT2D eigenvalue weighted by Crippen LogP contribution is 2.21. The lowest BCUT2D eigenvalue weighted by atomic mass is 9.99. The molecule has 0 bridgehead atoms. The number of H-pyrrole nitrogens is 1. The summed E-state index contributed by atoms with van der Waals surface area (Å²) in [7, 11) is 0. The molecule has 1 aromatic rings. The smallest absolute Gasteiger partial charge is 0.272 e. The van der Waals surface area contributed by atoms with Gasteiger partial charge in [-0.1, -0.05) is 0 Å². The molecule has 0 saturated carbocycles. The number of aromatic nitrogens is 2. The van der Waals surface area contributed by atoms with E-state index in [1.807, 2.05) is 4.90 Å². The minimum atomic E-state index is -0.0257. The Bertz CT molecular complexity index is 430. The van der Waals surface area contributed by atoms with Crippen LogP contribution in [0, 0.1) is 0 Å². The lowest BCUT2D eigenvalue weighted by Crippen LogP contribution is -2.45. The number of likely N-dealkylation sites (tertiary alicyclic amines) is 1. The van der Waals surface area contributed by atoms with Gasteiger partial charge < -0.3 is 15.2 Å². The number of imidazole rings is 1. The van der Waals surface area contributed by atoms with E-state index in [0.717, 1.165) is 32.2 Å². The highest BCUT2D eigenvalue weighted by atomic mass is 16.2. The molecular weight excluding hydrogens is 244 g/mol. The summed E-state index contributed by atoms with van der Waals surface area (Å²) in [4.78, 5) is 31.9. The zero-order valence-corrected chi connectivity index (χ0v) is 11.2. The molecule has 1 fully saturated rings. The number of hydrogen-bond acceptors (Lipinski definition) is 3. The Labute approximate surface area is 112 Å². The number of carbonyl (C=O) groups excluding carboxylic acids is 2. The molecular formula is C13H20N4O2. The summed E-state index contributed by atoms with van der Waals surface area (Å²) < 4.78 is 0. The monoisotopic (exact) mass is 264 g/mol. The molecule has 1 aliphatic rings. The zero-order valence-electron chi connectivity index (χ0n) is 11.2. The van der Waals surface area contributed by atoms with E-state index in [-0.39, 0.29) is 17.9 Å². The Balaban J connectivity index is 1.95. The number of carbonyl (C=O) groups is 2. The number of amides is 2. The number of nitrogens with zero attached hydrogens (tertiary/aromatic N) is 2. The number of rotatable bonds is 4. The molecule has 1 aromatic heterocycles. The van der Waals surface area contributed by atoms with Crippen molar-refractivity contribution in [2.45, 2.75) is 38.6 Å². The Morgan fingerprint density at radius 2 is 2.37 bits per heavy atom. The lowest BCUT2D eigenvalue weighted by molar-refractivity contribution is -0.119. The van der Waals surface area contributed by atoms with Crippen LogP contribution in [-0.4, -0.2) is 45.8 Å². The molecule has 0 unspecified atom stereocenters. The summed E-state index contributed by atoms with van der Waals surface area (Å²) in [5.41, 5.74) is 0.534. The third-order valence-corrected chi connectivity index (χ3v) is 3.47. The molecule has 0 spiro atoms. The van der Waals surface area contributed by atoms with Crippen LogP contribution in [0.1, 0.15) is 43.1 Å². The average molecular weight is 264 g/mol. The predicted molar refractivity (Wildman–Crippen MR) is 70.6 cm³/mol. The van der Waals surface area contributed by atoms with Gasteiger partial charge in [0.15, 0.2) is 0 Å². The van der Waals surface area contributed by atoms with Crippen molar-refractivity contribution in [1.29, 1.82) is 0 Å². The van der Waals surface area contributed by atoms with Crippen molar-refractivity contribution in [3.05, 3.63) is 18.2 Å². The fraction of sp³-hybridized carbons (Fsp3) is 0.615. The zero-order chi connectivity index (χ0) is 13.7. The van der Waals surface area contributed by atoms with Crippen molar-refractivity contribution in [2.75, 3.05) is 13.1 Å². The molecule has 0 aliphatic carbocycles. The van der Waals surface area contributed by atoms with E-state index in [1.54, 1.807) is 6.20 Å². The maximum atomic E-state index is 12.3. The van der Waals surface area contributed by atoms with Gasteiger partial charge in [-0.05, 0) is 25.7 Å². The Kier molecular flexibility index (Phi) is 4.54. The van der Waals surface area contributed by atoms with Crippen LogP contribution < -0.4 is 5.32 Å². The van der Waals surface area contributed by atoms with Crippen LogP contribution in [0.3, 0.4) is 0 Å². The second-order valence-corrected chi connectivity index (χ2v) is 4.89. The van der Waals surface area contributed by atoms with Crippen molar-refractivity contribution in [2.24, 2.45) is 0 Å². The van der Waals surface area contributed by atoms with E-state index in [2.05, 4.69) is 15.3 Å². The molecule has 1 aliphatic heterocycles. The molecule has 6 heteroatoms.